The smallest absolute Gasteiger partial charge is 0.410 e. The van der Waals surface area contributed by atoms with Crippen molar-refractivity contribution in [1.82, 2.24) is 19.3 Å². The number of amides is 1. The molecular weight excluding hydrogens is 422 g/mol. The van der Waals surface area contributed by atoms with Gasteiger partial charge in [-0.2, -0.15) is 0 Å². The zero-order valence-corrected chi connectivity index (χ0v) is 17.4. The SMILES string of the molecule is CC1(C)C[C@@H](c2nc(Br)c3c(N)nccn23)N(C(=O)OCc2ccccc2)C1. The van der Waals surface area contributed by atoms with Gasteiger partial charge < -0.3 is 10.5 Å². The molecule has 146 valence electrons. The highest BCUT2D eigenvalue weighted by Gasteiger charge is 2.43. The van der Waals surface area contributed by atoms with Gasteiger partial charge in [-0.25, -0.2) is 14.8 Å². The Morgan fingerprint density at radius 1 is 1.36 bits per heavy atom. The van der Waals surface area contributed by atoms with Gasteiger partial charge in [0.05, 0.1) is 6.04 Å². The van der Waals surface area contributed by atoms with Crippen LogP contribution in [0.5, 0.6) is 0 Å². The summed E-state index contributed by atoms with van der Waals surface area (Å²) in [5.74, 6) is 1.14. The molecule has 28 heavy (non-hydrogen) atoms. The number of hydrogen-bond acceptors (Lipinski definition) is 5. The Morgan fingerprint density at radius 3 is 2.86 bits per heavy atom. The number of imidazole rings is 1. The fraction of sp³-hybridized carbons (Fsp3) is 0.350. The third-order valence-electron chi connectivity index (χ3n) is 5.03. The quantitative estimate of drug-likeness (QED) is 0.655. The maximum Gasteiger partial charge on any atom is 0.410 e. The highest BCUT2D eigenvalue weighted by molar-refractivity contribution is 9.10. The summed E-state index contributed by atoms with van der Waals surface area (Å²) < 4.78 is 8.12. The average Bonchev–Trinajstić information content (AvgIpc) is 3.18. The van der Waals surface area contributed by atoms with Gasteiger partial charge in [0.15, 0.2) is 5.82 Å². The minimum Gasteiger partial charge on any atom is -0.445 e. The van der Waals surface area contributed by atoms with Gasteiger partial charge in [0, 0.05) is 18.9 Å². The number of nitrogens with zero attached hydrogens (tertiary/aromatic N) is 4. The monoisotopic (exact) mass is 443 g/mol. The second-order valence-corrected chi connectivity index (χ2v) is 8.60. The zero-order chi connectivity index (χ0) is 19.9. The molecule has 0 aliphatic carbocycles. The van der Waals surface area contributed by atoms with Crippen LogP contribution in [0.1, 0.15) is 37.7 Å². The fourth-order valence-corrected chi connectivity index (χ4v) is 4.35. The minimum absolute atomic E-state index is 0.0483. The van der Waals surface area contributed by atoms with E-state index in [1.807, 2.05) is 40.9 Å². The molecule has 0 spiro atoms. The molecule has 1 aliphatic heterocycles. The predicted octanol–water partition coefficient (Wildman–Crippen LogP) is 4.18. The van der Waals surface area contributed by atoms with Gasteiger partial charge in [0.1, 0.15) is 22.6 Å². The number of fused-ring (bicyclic) bond motifs is 1. The molecule has 0 radical (unpaired) electrons. The van der Waals surface area contributed by atoms with Crippen LogP contribution in [0.3, 0.4) is 0 Å². The van der Waals surface area contributed by atoms with Crippen molar-refractivity contribution in [3.8, 4) is 0 Å². The summed E-state index contributed by atoms with van der Waals surface area (Å²) >= 11 is 3.48. The van der Waals surface area contributed by atoms with E-state index in [1.165, 1.54) is 0 Å². The van der Waals surface area contributed by atoms with Gasteiger partial charge >= 0.3 is 6.09 Å². The highest BCUT2D eigenvalue weighted by Crippen LogP contribution is 2.43. The standard InChI is InChI=1S/C20H22BrN5O2/c1-20(2)10-14(18-24-16(21)15-17(22)23-8-9-25(15)18)26(12-20)19(27)28-11-13-6-4-3-5-7-13/h3-9,14H,10-12H2,1-2H3,(H2,22,23)/t14-/m0/s1. The Bertz CT molecular complexity index is 1020. The molecule has 1 aliphatic rings. The second-order valence-electron chi connectivity index (χ2n) is 7.84. The van der Waals surface area contributed by atoms with Gasteiger partial charge in [-0.1, -0.05) is 44.2 Å². The van der Waals surface area contributed by atoms with Crippen molar-refractivity contribution in [1.29, 1.82) is 0 Å². The largest absolute Gasteiger partial charge is 0.445 e. The number of benzene rings is 1. The molecule has 1 saturated heterocycles. The van der Waals surface area contributed by atoms with Gasteiger partial charge in [0.2, 0.25) is 0 Å². The van der Waals surface area contributed by atoms with Crippen LogP contribution < -0.4 is 5.73 Å². The lowest BCUT2D eigenvalue weighted by atomic mass is 9.90. The van der Waals surface area contributed by atoms with Gasteiger partial charge in [-0.3, -0.25) is 9.30 Å². The van der Waals surface area contributed by atoms with Crippen LogP contribution in [0, 0.1) is 5.41 Å². The van der Waals surface area contributed by atoms with Crippen molar-refractivity contribution >= 4 is 33.4 Å². The fourth-order valence-electron chi connectivity index (χ4n) is 3.77. The normalized spacial score (nSPS) is 18.5. The number of likely N-dealkylation sites (tertiary alicyclic amines) is 1. The number of anilines is 1. The van der Waals surface area contributed by atoms with E-state index in [1.54, 1.807) is 11.1 Å². The van der Waals surface area contributed by atoms with Crippen LogP contribution in [-0.4, -0.2) is 31.9 Å². The van der Waals surface area contributed by atoms with E-state index in [4.69, 9.17) is 10.5 Å². The van der Waals surface area contributed by atoms with Gasteiger partial charge in [-0.05, 0) is 33.3 Å². The minimum atomic E-state index is -0.339. The summed E-state index contributed by atoms with van der Waals surface area (Å²) in [6, 6.07) is 9.46. The third-order valence-corrected chi connectivity index (χ3v) is 5.58. The summed E-state index contributed by atoms with van der Waals surface area (Å²) in [6.45, 7) is 5.13. The van der Waals surface area contributed by atoms with Crippen molar-refractivity contribution in [3.63, 3.8) is 0 Å². The van der Waals surface area contributed by atoms with Crippen molar-refractivity contribution in [3.05, 3.63) is 58.7 Å². The van der Waals surface area contributed by atoms with E-state index in [0.717, 1.165) is 17.8 Å². The van der Waals surface area contributed by atoms with Gasteiger partial charge in [-0.15, -0.1) is 0 Å². The molecule has 0 saturated carbocycles. The molecule has 4 rings (SSSR count). The van der Waals surface area contributed by atoms with Crippen molar-refractivity contribution in [2.45, 2.75) is 32.9 Å². The van der Waals surface area contributed by atoms with Crippen molar-refractivity contribution in [2.75, 3.05) is 12.3 Å². The molecule has 3 heterocycles. The average molecular weight is 444 g/mol. The molecule has 3 aromatic rings. The maximum atomic E-state index is 12.9. The first-order valence-corrected chi connectivity index (χ1v) is 9.90. The van der Waals surface area contributed by atoms with E-state index in [9.17, 15) is 4.79 Å². The first kappa shape index (κ1) is 18.7. The molecule has 1 fully saturated rings. The van der Waals surface area contributed by atoms with Crippen LogP contribution in [-0.2, 0) is 11.3 Å². The van der Waals surface area contributed by atoms with Crippen molar-refractivity contribution < 1.29 is 9.53 Å². The number of nitrogens with two attached hydrogens (primary N) is 1. The third kappa shape index (κ3) is 3.44. The number of nitrogen functional groups attached to an aromatic ring is 1. The lowest BCUT2D eigenvalue weighted by Gasteiger charge is -2.23. The Kier molecular flexibility index (Phi) is 4.74. The van der Waals surface area contributed by atoms with Crippen LogP contribution >= 0.6 is 15.9 Å². The number of hydrogen-bond donors (Lipinski definition) is 1. The molecule has 7 nitrogen and oxygen atoms in total. The molecule has 1 aromatic carbocycles. The lowest BCUT2D eigenvalue weighted by molar-refractivity contribution is 0.0887. The summed E-state index contributed by atoms with van der Waals surface area (Å²) in [5, 5.41) is 0. The first-order chi connectivity index (χ1) is 13.4. The summed E-state index contributed by atoms with van der Waals surface area (Å²) in [6.07, 6.45) is 3.89. The Balaban J connectivity index is 1.64. The molecule has 8 heteroatoms. The highest BCUT2D eigenvalue weighted by atomic mass is 79.9. The topological polar surface area (TPSA) is 85.8 Å². The first-order valence-electron chi connectivity index (χ1n) is 9.11. The second kappa shape index (κ2) is 7.09. The molecule has 0 bridgehead atoms. The molecule has 2 N–H and O–H groups in total. The van der Waals surface area contributed by atoms with E-state index in [0.29, 0.717) is 22.5 Å². The van der Waals surface area contributed by atoms with Gasteiger partial charge in [0.25, 0.3) is 0 Å². The number of carbonyl (C=O) groups excluding carboxylic acids is 1. The number of aromatic nitrogens is 3. The molecule has 2 aromatic heterocycles. The summed E-state index contributed by atoms with van der Waals surface area (Å²) in [5.41, 5.74) is 7.64. The Morgan fingerprint density at radius 2 is 2.11 bits per heavy atom. The molecule has 1 atom stereocenters. The van der Waals surface area contributed by atoms with E-state index >= 15 is 0 Å². The number of halogens is 1. The van der Waals surface area contributed by atoms with Crippen LogP contribution in [0.15, 0.2) is 47.3 Å². The summed E-state index contributed by atoms with van der Waals surface area (Å²) in [7, 11) is 0. The molecule has 0 unspecified atom stereocenters. The lowest BCUT2D eigenvalue weighted by Crippen LogP contribution is -2.33. The maximum absolute atomic E-state index is 12.9. The summed E-state index contributed by atoms with van der Waals surface area (Å²) in [4.78, 5) is 23.5. The van der Waals surface area contributed by atoms with Crippen LogP contribution in [0.25, 0.3) is 5.52 Å². The number of rotatable bonds is 3. The molecule has 1 amide bonds. The molecular formula is C20H22BrN5O2. The number of carbonyl (C=O) groups is 1. The van der Waals surface area contributed by atoms with E-state index < -0.39 is 0 Å². The van der Waals surface area contributed by atoms with E-state index in [2.05, 4.69) is 39.7 Å². The zero-order valence-electron chi connectivity index (χ0n) is 15.8. The predicted molar refractivity (Wildman–Crippen MR) is 110 cm³/mol. The Labute approximate surface area is 171 Å². The van der Waals surface area contributed by atoms with Crippen LogP contribution in [0.2, 0.25) is 0 Å². The number of ether oxygens (including phenoxy) is 1. The van der Waals surface area contributed by atoms with E-state index in [-0.39, 0.29) is 24.2 Å². The van der Waals surface area contributed by atoms with Crippen molar-refractivity contribution in [2.24, 2.45) is 5.41 Å². The Hall–Kier alpha value is -2.61. The van der Waals surface area contributed by atoms with Crippen LogP contribution in [0.4, 0.5) is 10.6 Å².